The van der Waals surface area contributed by atoms with Crippen LogP contribution in [0.25, 0.3) is 0 Å². The molecule has 0 saturated heterocycles. The molecule has 0 fully saturated rings. The maximum atomic E-state index is 8.36. The Labute approximate surface area is 48.8 Å². The van der Waals surface area contributed by atoms with E-state index in [1.807, 2.05) is 0 Å². The van der Waals surface area contributed by atoms with Crippen LogP contribution in [0.15, 0.2) is 0 Å². The molecule has 0 bridgehead atoms. The summed E-state index contributed by atoms with van der Waals surface area (Å²) in [7, 11) is 0. The van der Waals surface area contributed by atoms with Gasteiger partial charge in [-0.05, 0) is 0 Å². The van der Waals surface area contributed by atoms with E-state index in [-0.39, 0.29) is 27.4 Å². The van der Waals surface area contributed by atoms with Crippen LogP contribution in [0.5, 0.6) is 0 Å². The molecule has 0 rings (SSSR count). The van der Waals surface area contributed by atoms with Gasteiger partial charge in [0.2, 0.25) is 0 Å². The summed E-state index contributed by atoms with van der Waals surface area (Å²) in [4.78, 5) is 8.36. The van der Waals surface area contributed by atoms with Crippen molar-refractivity contribution >= 4 is 0 Å². The molecule has 0 aliphatic rings. The van der Waals surface area contributed by atoms with Crippen molar-refractivity contribution in [1.29, 1.82) is 0 Å². The predicted molar refractivity (Wildman–Crippen MR) is 12.7 cm³/mol. The smallest absolute Gasteiger partial charge is 0.870 e. The van der Waals surface area contributed by atoms with Crippen LogP contribution in [0.1, 0.15) is 0 Å². The fraction of sp³-hybridized carbons (Fsp3) is 0. The van der Waals surface area contributed by atoms with E-state index >= 15 is 0 Å². The fourth-order valence-electron chi connectivity index (χ4n) is 0. The number of nitrogens with zero attached hydrogens (tertiary/aromatic N) is 1. The molecule has 0 aromatic carbocycles. The van der Waals surface area contributed by atoms with Crippen molar-refractivity contribution in [2.24, 2.45) is 0 Å². The van der Waals surface area contributed by atoms with Gasteiger partial charge in [-0.3, -0.25) is 0 Å². The number of hydrogen-bond acceptors (Lipinski definition) is 4. The molecule has 7 heteroatoms. The molecule has 0 unspecified atom stereocenters. The minimum Gasteiger partial charge on any atom is -0.870 e. The molecule has 7 heavy (non-hydrogen) atoms. The number of hydrogen-bond donors (Lipinski definition) is 1. The first-order valence-corrected chi connectivity index (χ1v) is 0.565. The average Bonchev–Trinajstić information content (AvgIpc) is 0.811. The van der Waals surface area contributed by atoms with E-state index in [4.69, 9.17) is 15.3 Å². The van der Waals surface area contributed by atoms with E-state index in [0.29, 0.717) is 0 Å². The minimum absolute atomic E-state index is 0. The molecule has 6 nitrogen and oxygen atoms in total. The normalized spacial score (nSPS) is 3.43. The predicted octanol–water partition coefficient (Wildman–Crippen LogP) is -0.704. The first-order chi connectivity index (χ1) is 1.73. The van der Waals surface area contributed by atoms with Gasteiger partial charge < -0.3 is 16.2 Å². The molecular weight excluding hydrogens is 153 g/mol. The quantitative estimate of drug-likeness (QED) is 0.281. The third kappa shape index (κ3) is 491. The van der Waals surface area contributed by atoms with Crippen LogP contribution in [-0.2, 0) is 16.5 Å². The summed E-state index contributed by atoms with van der Waals surface area (Å²) in [6.07, 6.45) is 0. The standard InChI is InChI=1S/HNO3.Ni.2H2O/c2-1(3)4;;;/h(H,2,3,4);;2*1H2/q;+2;;/p-2. The van der Waals surface area contributed by atoms with Gasteiger partial charge in [-0.1, -0.05) is 0 Å². The maximum Gasteiger partial charge on any atom is 2.00 e. The molecule has 0 saturated carbocycles. The molecular formula is H3NNiO5. The van der Waals surface area contributed by atoms with Gasteiger partial charge >= 0.3 is 16.5 Å². The Morgan fingerprint density at radius 3 is 1.43 bits per heavy atom. The summed E-state index contributed by atoms with van der Waals surface area (Å²) in [5.41, 5.74) is 0. The molecule has 0 amide bonds. The van der Waals surface area contributed by atoms with Crippen LogP contribution >= 0.6 is 0 Å². The van der Waals surface area contributed by atoms with Crippen LogP contribution in [-0.4, -0.2) is 21.2 Å². The SMILES string of the molecule is O=[N+]([O-])O.[Ni+2].[OH-].[OH-]. The summed E-state index contributed by atoms with van der Waals surface area (Å²) in [5, 5.41) is 13.6. The Kier molecular flexibility index (Phi) is 76.2. The second-order valence-electron chi connectivity index (χ2n) is 0.238. The first kappa shape index (κ1) is 30.5. The van der Waals surface area contributed by atoms with Gasteiger partial charge in [-0.2, -0.15) is 0 Å². The van der Waals surface area contributed by atoms with Crippen molar-refractivity contribution in [3.63, 3.8) is 0 Å². The van der Waals surface area contributed by atoms with Crippen LogP contribution in [0.2, 0.25) is 0 Å². The first-order valence-electron chi connectivity index (χ1n) is 0.565. The van der Waals surface area contributed by atoms with Crippen LogP contribution in [0, 0.1) is 10.1 Å². The Balaban J connectivity index is -0.0000000150. The molecule has 0 heterocycles. The van der Waals surface area contributed by atoms with Gasteiger partial charge in [0.05, 0.1) is 0 Å². The average molecular weight is 156 g/mol. The molecule has 0 aromatic rings. The van der Waals surface area contributed by atoms with Crippen molar-refractivity contribution in [3.05, 3.63) is 10.1 Å². The van der Waals surface area contributed by atoms with Crippen LogP contribution in [0.3, 0.4) is 0 Å². The Morgan fingerprint density at radius 2 is 1.43 bits per heavy atom. The second kappa shape index (κ2) is 17.5. The number of rotatable bonds is 0. The largest absolute Gasteiger partial charge is 2.00 e. The zero-order valence-electron chi connectivity index (χ0n) is 2.92. The summed E-state index contributed by atoms with van der Waals surface area (Å²) in [5.74, 6) is 0. The topological polar surface area (TPSA) is 123 Å². The van der Waals surface area contributed by atoms with Gasteiger partial charge in [-0.15, -0.1) is 10.1 Å². The van der Waals surface area contributed by atoms with E-state index in [0.717, 1.165) is 0 Å². The van der Waals surface area contributed by atoms with Crippen LogP contribution < -0.4 is 0 Å². The molecule has 0 radical (unpaired) electrons. The van der Waals surface area contributed by atoms with E-state index < -0.39 is 5.09 Å². The van der Waals surface area contributed by atoms with E-state index in [2.05, 4.69) is 0 Å². The molecule has 0 aliphatic heterocycles. The van der Waals surface area contributed by atoms with Gasteiger partial charge in [0.15, 0.2) is 0 Å². The fourth-order valence-corrected chi connectivity index (χ4v) is 0. The second-order valence-corrected chi connectivity index (χ2v) is 0.238. The van der Waals surface area contributed by atoms with Gasteiger partial charge in [-0.25, -0.2) is 0 Å². The van der Waals surface area contributed by atoms with Crippen LogP contribution in [0.4, 0.5) is 0 Å². The third-order valence-corrected chi connectivity index (χ3v) is 0. The van der Waals surface area contributed by atoms with Gasteiger partial charge in [0.1, 0.15) is 0 Å². The summed E-state index contributed by atoms with van der Waals surface area (Å²) < 4.78 is 0. The third-order valence-electron chi connectivity index (χ3n) is 0. The minimum atomic E-state index is -1.50. The summed E-state index contributed by atoms with van der Waals surface area (Å²) >= 11 is 0. The van der Waals surface area contributed by atoms with E-state index in [1.54, 1.807) is 0 Å². The van der Waals surface area contributed by atoms with E-state index in [1.165, 1.54) is 0 Å². The zero-order valence-corrected chi connectivity index (χ0v) is 3.91. The van der Waals surface area contributed by atoms with Crippen molar-refractivity contribution in [2.75, 3.05) is 0 Å². The molecule has 0 aromatic heterocycles. The molecule has 48 valence electrons. The molecule has 0 spiro atoms. The van der Waals surface area contributed by atoms with Gasteiger partial charge in [0, 0.05) is 0 Å². The van der Waals surface area contributed by atoms with Crippen molar-refractivity contribution in [3.8, 4) is 0 Å². The van der Waals surface area contributed by atoms with Gasteiger partial charge in [0.25, 0.3) is 5.09 Å². The molecule has 0 atom stereocenters. The molecule has 0 aliphatic carbocycles. The Morgan fingerprint density at radius 1 is 1.43 bits per heavy atom. The summed E-state index contributed by atoms with van der Waals surface area (Å²) in [6, 6.07) is 0. The van der Waals surface area contributed by atoms with Crippen molar-refractivity contribution in [1.82, 2.24) is 0 Å². The monoisotopic (exact) mass is 155 g/mol. The maximum absolute atomic E-state index is 8.36. The van der Waals surface area contributed by atoms with Crippen molar-refractivity contribution < 1.29 is 37.7 Å². The zero-order chi connectivity index (χ0) is 3.58. The Hall–Kier alpha value is -0.386. The Bertz CT molecular complexity index is 31.1. The molecule has 3 N–H and O–H groups in total. The van der Waals surface area contributed by atoms with E-state index in [9.17, 15) is 0 Å². The van der Waals surface area contributed by atoms with Crippen molar-refractivity contribution in [2.45, 2.75) is 0 Å². The summed E-state index contributed by atoms with van der Waals surface area (Å²) in [6.45, 7) is 0.